The van der Waals surface area contributed by atoms with Gasteiger partial charge in [-0.25, -0.2) is 9.97 Å². The van der Waals surface area contributed by atoms with Gasteiger partial charge >= 0.3 is 0 Å². The SMILES string of the molecule is CC.CC.Clc1nc2cc3ccccc3cc2n2ccnc12. The number of benzene rings is 2. The molecule has 2 aromatic heterocycles. The molecule has 0 bridgehead atoms. The summed E-state index contributed by atoms with van der Waals surface area (Å²) in [5.74, 6) is 0. The van der Waals surface area contributed by atoms with Gasteiger partial charge < -0.3 is 0 Å². The second-order valence-electron chi connectivity index (χ2n) is 4.21. The Morgan fingerprint density at radius 1 is 0.955 bits per heavy atom. The first kappa shape index (κ1) is 16.2. The molecule has 22 heavy (non-hydrogen) atoms. The maximum Gasteiger partial charge on any atom is 0.175 e. The lowest BCUT2D eigenvalue weighted by Crippen LogP contribution is -1.92. The van der Waals surface area contributed by atoms with Gasteiger partial charge in [0.2, 0.25) is 0 Å². The summed E-state index contributed by atoms with van der Waals surface area (Å²) < 4.78 is 1.97. The highest BCUT2D eigenvalue weighted by molar-refractivity contribution is 6.32. The highest BCUT2D eigenvalue weighted by atomic mass is 35.5. The van der Waals surface area contributed by atoms with Crippen molar-refractivity contribution in [1.82, 2.24) is 14.4 Å². The Bertz CT molecular complexity index is 897. The summed E-state index contributed by atoms with van der Waals surface area (Å²) in [5, 5.41) is 2.78. The molecule has 0 atom stereocenters. The molecule has 0 spiro atoms. The lowest BCUT2D eigenvalue weighted by molar-refractivity contribution is 1.21. The van der Waals surface area contributed by atoms with E-state index in [2.05, 4.69) is 34.2 Å². The van der Waals surface area contributed by atoms with E-state index >= 15 is 0 Å². The summed E-state index contributed by atoms with van der Waals surface area (Å²) >= 11 is 6.13. The van der Waals surface area contributed by atoms with Crippen LogP contribution in [0.5, 0.6) is 0 Å². The van der Waals surface area contributed by atoms with Gasteiger partial charge in [0.1, 0.15) is 0 Å². The number of aromatic nitrogens is 3. The highest BCUT2D eigenvalue weighted by Gasteiger charge is 2.08. The molecule has 114 valence electrons. The van der Waals surface area contributed by atoms with Crippen LogP contribution in [0.2, 0.25) is 5.15 Å². The molecule has 2 aromatic carbocycles. The summed E-state index contributed by atoms with van der Waals surface area (Å²) in [4.78, 5) is 8.63. The fraction of sp³-hybridized carbons (Fsp3) is 0.222. The first-order chi connectivity index (χ1) is 10.8. The predicted octanol–water partition coefficient (Wildman–Crippen LogP) is 5.74. The van der Waals surface area contributed by atoms with Crippen molar-refractivity contribution in [2.45, 2.75) is 27.7 Å². The van der Waals surface area contributed by atoms with Gasteiger partial charge in [-0.1, -0.05) is 63.6 Å². The van der Waals surface area contributed by atoms with E-state index in [9.17, 15) is 0 Å². The third-order valence-electron chi connectivity index (χ3n) is 3.15. The number of rotatable bonds is 0. The second-order valence-corrected chi connectivity index (χ2v) is 4.57. The van der Waals surface area contributed by atoms with Crippen molar-refractivity contribution in [3.05, 3.63) is 53.9 Å². The second kappa shape index (κ2) is 7.23. The van der Waals surface area contributed by atoms with E-state index in [1.165, 1.54) is 5.39 Å². The van der Waals surface area contributed by atoms with Crippen LogP contribution in [-0.2, 0) is 0 Å². The molecule has 0 saturated heterocycles. The van der Waals surface area contributed by atoms with Gasteiger partial charge in [0.15, 0.2) is 10.8 Å². The van der Waals surface area contributed by atoms with Gasteiger partial charge in [-0.15, -0.1) is 0 Å². The Labute approximate surface area is 135 Å². The standard InChI is InChI=1S/C14H8ClN3.2C2H6/c15-13-14-16-5-6-18(14)12-8-10-4-2-1-3-9(10)7-11(12)17-13;2*1-2/h1-8H;2*1-2H3. The Hall–Kier alpha value is -2.13. The molecule has 0 N–H and O–H groups in total. The number of halogens is 1. The van der Waals surface area contributed by atoms with Crippen LogP contribution in [0.3, 0.4) is 0 Å². The van der Waals surface area contributed by atoms with E-state index in [-0.39, 0.29) is 0 Å². The summed E-state index contributed by atoms with van der Waals surface area (Å²) in [6.45, 7) is 8.00. The summed E-state index contributed by atoms with van der Waals surface area (Å²) in [5.41, 5.74) is 2.59. The van der Waals surface area contributed by atoms with Crippen molar-refractivity contribution < 1.29 is 0 Å². The third-order valence-corrected chi connectivity index (χ3v) is 3.40. The Morgan fingerprint density at radius 2 is 1.59 bits per heavy atom. The van der Waals surface area contributed by atoms with Gasteiger partial charge in [-0.05, 0) is 22.9 Å². The van der Waals surface area contributed by atoms with E-state index in [0.717, 1.165) is 16.4 Å². The van der Waals surface area contributed by atoms with Crippen molar-refractivity contribution in [3.8, 4) is 0 Å². The zero-order valence-corrected chi connectivity index (χ0v) is 14.1. The van der Waals surface area contributed by atoms with Gasteiger partial charge in [-0.2, -0.15) is 0 Å². The molecule has 0 aliphatic heterocycles. The molecule has 0 radical (unpaired) electrons. The number of fused-ring (bicyclic) bond motifs is 4. The van der Waals surface area contributed by atoms with Gasteiger partial charge in [0.25, 0.3) is 0 Å². The fourth-order valence-electron chi connectivity index (χ4n) is 2.30. The van der Waals surface area contributed by atoms with Crippen molar-refractivity contribution in [3.63, 3.8) is 0 Å². The van der Waals surface area contributed by atoms with E-state index in [1.807, 2.05) is 50.4 Å². The normalized spacial score (nSPS) is 10.0. The van der Waals surface area contributed by atoms with E-state index < -0.39 is 0 Å². The molecule has 4 aromatic rings. The van der Waals surface area contributed by atoms with Crippen LogP contribution in [0.4, 0.5) is 0 Å². The molecule has 0 saturated carbocycles. The number of hydrogen-bond donors (Lipinski definition) is 0. The van der Waals surface area contributed by atoms with Gasteiger partial charge in [0, 0.05) is 12.4 Å². The number of hydrogen-bond acceptors (Lipinski definition) is 2. The molecule has 0 amide bonds. The minimum absolute atomic E-state index is 0.433. The summed E-state index contributed by atoms with van der Waals surface area (Å²) in [6, 6.07) is 12.4. The Kier molecular flexibility index (Phi) is 5.34. The maximum absolute atomic E-state index is 6.13. The minimum atomic E-state index is 0.433. The number of imidazole rings is 1. The van der Waals surface area contributed by atoms with Crippen molar-refractivity contribution in [2.75, 3.05) is 0 Å². The van der Waals surface area contributed by atoms with Crippen molar-refractivity contribution in [2.24, 2.45) is 0 Å². The lowest BCUT2D eigenvalue weighted by atomic mass is 10.1. The van der Waals surface area contributed by atoms with Crippen molar-refractivity contribution in [1.29, 1.82) is 0 Å². The first-order valence-corrected chi connectivity index (χ1v) is 8.02. The highest BCUT2D eigenvalue weighted by Crippen LogP contribution is 2.25. The molecule has 0 unspecified atom stereocenters. The molecular formula is C18H20ClN3. The maximum atomic E-state index is 6.13. The topological polar surface area (TPSA) is 30.2 Å². The largest absolute Gasteiger partial charge is 0.296 e. The lowest BCUT2D eigenvalue weighted by Gasteiger charge is -2.05. The zero-order chi connectivity index (χ0) is 16.1. The van der Waals surface area contributed by atoms with Crippen LogP contribution in [-0.4, -0.2) is 14.4 Å². The Morgan fingerprint density at radius 3 is 2.27 bits per heavy atom. The molecule has 0 aliphatic rings. The minimum Gasteiger partial charge on any atom is -0.296 e. The van der Waals surface area contributed by atoms with Crippen LogP contribution >= 0.6 is 11.6 Å². The quantitative estimate of drug-likeness (QED) is 0.387. The van der Waals surface area contributed by atoms with Crippen LogP contribution in [0, 0.1) is 0 Å². The van der Waals surface area contributed by atoms with Crippen LogP contribution in [0.25, 0.3) is 27.5 Å². The van der Waals surface area contributed by atoms with Crippen LogP contribution < -0.4 is 0 Å². The summed E-state index contributed by atoms with van der Waals surface area (Å²) in [6.07, 6.45) is 3.64. The molecular weight excluding hydrogens is 294 g/mol. The smallest absolute Gasteiger partial charge is 0.175 e. The van der Waals surface area contributed by atoms with Gasteiger partial charge in [-0.3, -0.25) is 4.40 Å². The zero-order valence-electron chi connectivity index (χ0n) is 13.3. The predicted molar refractivity (Wildman–Crippen MR) is 95.7 cm³/mol. The molecule has 3 nitrogen and oxygen atoms in total. The van der Waals surface area contributed by atoms with Crippen LogP contribution in [0.15, 0.2) is 48.8 Å². The van der Waals surface area contributed by atoms with Gasteiger partial charge in [0.05, 0.1) is 11.0 Å². The molecule has 0 aliphatic carbocycles. The Balaban J connectivity index is 0.000000410. The third kappa shape index (κ3) is 2.77. The molecule has 4 heteroatoms. The van der Waals surface area contributed by atoms with E-state index in [0.29, 0.717) is 10.8 Å². The fourth-order valence-corrected chi connectivity index (χ4v) is 2.54. The molecule has 2 heterocycles. The average molecular weight is 314 g/mol. The first-order valence-electron chi connectivity index (χ1n) is 7.64. The van der Waals surface area contributed by atoms with Crippen molar-refractivity contribution >= 4 is 39.1 Å². The average Bonchev–Trinajstić information content (AvgIpc) is 3.08. The van der Waals surface area contributed by atoms with E-state index in [1.54, 1.807) is 6.20 Å². The molecule has 0 fully saturated rings. The molecule has 4 rings (SSSR count). The summed E-state index contributed by atoms with van der Waals surface area (Å²) in [7, 11) is 0. The monoisotopic (exact) mass is 313 g/mol. The van der Waals surface area contributed by atoms with E-state index in [4.69, 9.17) is 11.6 Å². The van der Waals surface area contributed by atoms with Crippen LogP contribution in [0.1, 0.15) is 27.7 Å². The number of nitrogens with zero attached hydrogens (tertiary/aromatic N) is 3.